The maximum Gasteiger partial charge on any atom is 0.136 e. The van der Waals surface area contributed by atoms with Gasteiger partial charge in [-0.25, -0.2) is 0 Å². The molecule has 0 fully saturated rings. The van der Waals surface area contributed by atoms with Crippen LogP contribution in [0.1, 0.15) is 17.8 Å². The van der Waals surface area contributed by atoms with Crippen molar-refractivity contribution in [2.75, 3.05) is 0 Å². The smallest absolute Gasteiger partial charge is 0.136 e. The highest BCUT2D eigenvalue weighted by molar-refractivity contribution is 6.24. The van der Waals surface area contributed by atoms with Crippen LogP contribution in [-0.2, 0) is 0 Å². The molecule has 0 aliphatic heterocycles. The van der Waals surface area contributed by atoms with Gasteiger partial charge in [-0.15, -0.1) is 0 Å². The summed E-state index contributed by atoms with van der Waals surface area (Å²) in [5, 5.41) is 1.58. The quantitative estimate of drug-likeness (QED) is 0.196. The Morgan fingerprint density at radius 2 is 0.953 bits per heavy atom. The lowest BCUT2D eigenvalue weighted by molar-refractivity contribution is 0.669. The van der Waals surface area contributed by atoms with E-state index in [0.717, 1.165) is 0 Å². The predicted octanol–water partition coefficient (Wildman–Crippen LogP) is 12.0. The van der Waals surface area contributed by atoms with Crippen LogP contribution in [0.15, 0.2) is 162 Å². The van der Waals surface area contributed by atoms with Crippen LogP contribution in [0.25, 0.3) is 87.6 Å². The van der Waals surface area contributed by atoms with Crippen LogP contribution in [0, 0.1) is 0 Å². The van der Waals surface area contributed by atoms with Crippen LogP contribution in [0.5, 0.6) is 0 Å². The van der Waals surface area contributed by atoms with Gasteiger partial charge in [0.05, 0.1) is 17.8 Å². The fourth-order valence-corrected chi connectivity index (χ4v) is 5.93. The molecule has 1 heterocycles. The summed E-state index contributed by atoms with van der Waals surface area (Å²) in [4.78, 5) is 0. The van der Waals surface area contributed by atoms with Crippen molar-refractivity contribution in [1.29, 1.82) is 0 Å². The fraction of sp³-hybridized carbons (Fsp3) is 0. The first-order valence-electron chi connectivity index (χ1n) is 20.2. The molecule has 1 nitrogen and oxygen atoms in total. The first kappa shape index (κ1) is 14.5. The molecule has 9 rings (SSSR count). The number of fused-ring (bicyclic) bond motifs is 6. The highest BCUT2D eigenvalue weighted by atomic mass is 16.3. The Kier molecular flexibility index (Phi) is 3.18. The van der Waals surface area contributed by atoms with E-state index < -0.39 is 42.3 Å². The molecule has 200 valence electrons. The lowest BCUT2D eigenvalue weighted by Gasteiger charge is -2.18. The first-order chi connectivity index (χ1) is 26.8. The van der Waals surface area contributed by atoms with Gasteiger partial charge in [0.25, 0.3) is 0 Å². The van der Waals surface area contributed by atoms with Gasteiger partial charge in [-0.3, -0.25) is 0 Å². The molecule has 8 aromatic carbocycles. The lowest BCUT2D eigenvalue weighted by atomic mass is 9.84. The standard InChI is InChI=1S/C42H26O/c1-2-11-27(12-3-1)29-21-23-32-33-24-22-30(26-40(33)43-39(32)25-29)41-35-16-6-8-18-37(35)42(38-19-9-7-17-36(38)41)34-20-10-14-28-13-4-5-15-31(28)34/h1-26H/i4D,5D,10D,13D,14D,15D,20D,21D,22D,23D,24D,25D,26D. The Bertz CT molecular complexity index is 3160. The summed E-state index contributed by atoms with van der Waals surface area (Å²) in [6, 6.07) is 17.5. The SMILES string of the molecule is [2H]c1c([2H])c([2H])c2c(-c3c4ccccc4c(-c4c([2H])c([2H])c5c(oc6c([2H])c(-c7ccccc7)c([2H])c([2H])c65)c4[2H])c4ccccc34)c([2H])c([2H])c([2H])c2c1[2H]. The van der Waals surface area contributed by atoms with Crippen LogP contribution < -0.4 is 0 Å². The van der Waals surface area contributed by atoms with Crippen LogP contribution in [-0.4, -0.2) is 0 Å². The number of hydrogen-bond acceptors (Lipinski definition) is 1. The van der Waals surface area contributed by atoms with E-state index in [2.05, 4.69) is 0 Å². The molecule has 0 spiro atoms. The largest absolute Gasteiger partial charge is 0.456 e. The topological polar surface area (TPSA) is 13.1 Å². The minimum Gasteiger partial charge on any atom is -0.456 e. The lowest BCUT2D eigenvalue weighted by Crippen LogP contribution is -1.91. The van der Waals surface area contributed by atoms with E-state index >= 15 is 0 Å². The third kappa shape index (κ3) is 3.72. The van der Waals surface area contributed by atoms with Crippen molar-refractivity contribution in [2.45, 2.75) is 0 Å². The Morgan fingerprint density at radius 3 is 1.65 bits per heavy atom. The summed E-state index contributed by atoms with van der Waals surface area (Å²) >= 11 is 0. The third-order valence-corrected chi connectivity index (χ3v) is 7.82. The molecule has 0 saturated carbocycles. The Hall–Kier alpha value is -5.66. The van der Waals surface area contributed by atoms with Crippen molar-refractivity contribution in [2.24, 2.45) is 0 Å². The molecule has 0 atom stereocenters. The van der Waals surface area contributed by atoms with Crippen molar-refractivity contribution in [1.82, 2.24) is 0 Å². The van der Waals surface area contributed by atoms with Crippen molar-refractivity contribution >= 4 is 54.3 Å². The minimum atomic E-state index is -0.562. The highest BCUT2D eigenvalue weighted by Gasteiger charge is 2.19. The summed E-state index contributed by atoms with van der Waals surface area (Å²) in [5.41, 5.74) is 1.28. The van der Waals surface area contributed by atoms with E-state index in [1.54, 1.807) is 78.9 Å². The van der Waals surface area contributed by atoms with Gasteiger partial charge in [0, 0.05) is 10.8 Å². The van der Waals surface area contributed by atoms with Crippen molar-refractivity contribution in [3.8, 4) is 33.4 Å². The Balaban J connectivity index is 1.44. The maximum absolute atomic E-state index is 9.59. The summed E-state index contributed by atoms with van der Waals surface area (Å²) < 4.78 is 122. The van der Waals surface area contributed by atoms with E-state index in [-0.39, 0.29) is 85.7 Å². The van der Waals surface area contributed by atoms with Crippen LogP contribution >= 0.6 is 0 Å². The van der Waals surface area contributed by atoms with Gasteiger partial charge in [-0.1, -0.05) is 133 Å². The number of rotatable bonds is 3. The van der Waals surface area contributed by atoms with Crippen molar-refractivity contribution < 1.29 is 22.2 Å². The number of hydrogen-bond donors (Lipinski definition) is 0. The van der Waals surface area contributed by atoms with E-state index in [0.29, 0.717) is 38.2 Å². The van der Waals surface area contributed by atoms with E-state index in [1.165, 1.54) is 0 Å². The average Bonchev–Trinajstić information content (AvgIpc) is 3.62. The van der Waals surface area contributed by atoms with Gasteiger partial charge < -0.3 is 4.42 Å². The molecule has 0 bridgehead atoms. The van der Waals surface area contributed by atoms with Crippen molar-refractivity contribution in [3.63, 3.8) is 0 Å². The second-order valence-electron chi connectivity index (χ2n) is 10.2. The number of benzene rings is 8. The molecule has 0 radical (unpaired) electrons. The first-order valence-corrected chi connectivity index (χ1v) is 13.7. The van der Waals surface area contributed by atoms with Crippen LogP contribution in [0.3, 0.4) is 0 Å². The highest BCUT2D eigenvalue weighted by Crippen LogP contribution is 2.46. The van der Waals surface area contributed by atoms with E-state index in [1.807, 2.05) is 0 Å². The van der Waals surface area contributed by atoms with Crippen LogP contribution in [0.4, 0.5) is 0 Å². The monoisotopic (exact) mass is 559 g/mol. The van der Waals surface area contributed by atoms with E-state index in [9.17, 15) is 5.48 Å². The second kappa shape index (κ2) is 9.44. The molecule has 0 amide bonds. The molecule has 0 saturated heterocycles. The fourth-order valence-electron chi connectivity index (χ4n) is 5.93. The molecule has 43 heavy (non-hydrogen) atoms. The van der Waals surface area contributed by atoms with Crippen LogP contribution in [0.2, 0.25) is 0 Å². The second-order valence-corrected chi connectivity index (χ2v) is 10.2. The Morgan fingerprint density at radius 1 is 0.395 bits per heavy atom. The molecule has 9 aromatic rings. The number of furan rings is 1. The zero-order valence-electron chi connectivity index (χ0n) is 35.4. The molecule has 1 aromatic heterocycles. The van der Waals surface area contributed by atoms with Gasteiger partial charge in [-0.05, 0) is 89.9 Å². The molecular weight excluding hydrogens is 520 g/mol. The predicted molar refractivity (Wildman–Crippen MR) is 183 cm³/mol. The summed E-state index contributed by atoms with van der Waals surface area (Å²) in [6.45, 7) is 0. The third-order valence-electron chi connectivity index (χ3n) is 7.82. The average molecular weight is 560 g/mol. The molecule has 0 aliphatic carbocycles. The van der Waals surface area contributed by atoms with Gasteiger partial charge in [-0.2, -0.15) is 0 Å². The molecular formula is C42H26O. The molecule has 0 N–H and O–H groups in total. The van der Waals surface area contributed by atoms with Gasteiger partial charge >= 0.3 is 0 Å². The van der Waals surface area contributed by atoms with E-state index in [4.69, 9.17) is 16.8 Å². The maximum atomic E-state index is 9.59. The Labute approximate surface area is 267 Å². The molecule has 1 heteroatoms. The molecule has 0 unspecified atom stereocenters. The van der Waals surface area contributed by atoms with Gasteiger partial charge in [0.1, 0.15) is 11.2 Å². The summed E-state index contributed by atoms with van der Waals surface area (Å²) in [6.07, 6.45) is 0. The minimum absolute atomic E-state index is 0.00162. The zero-order valence-corrected chi connectivity index (χ0v) is 22.4. The van der Waals surface area contributed by atoms with Gasteiger partial charge in [0.15, 0.2) is 0 Å². The summed E-state index contributed by atoms with van der Waals surface area (Å²) in [5.74, 6) is 0. The van der Waals surface area contributed by atoms with Crippen molar-refractivity contribution in [3.05, 3.63) is 157 Å². The molecule has 0 aliphatic rings. The van der Waals surface area contributed by atoms with Gasteiger partial charge in [0.2, 0.25) is 0 Å². The normalized spacial score (nSPS) is 16.0. The zero-order chi connectivity index (χ0) is 39.6. The summed E-state index contributed by atoms with van der Waals surface area (Å²) in [7, 11) is 0.